The van der Waals surface area contributed by atoms with Crippen LogP contribution in [0, 0.1) is 10.8 Å². The summed E-state index contributed by atoms with van der Waals surface area (Å²) in [6.07, 6.45) is 4.46. The molecular formula is C21H34O2. The third-order valence-corrected chi connectivity index (χ3v) is 4.55. The number of ether oxygens (including phenoxy) is 2. The van der Waals surface area contributed by atoms with Gasteiger partial charge in [0.2, 0.25) is 0 Å². The Morgan fingerprint density at radius 3 is 2.17 bits per heavy atom. The van der Waals surface area contributed by atoms with Gasteiger partial charge in [-0.25, -0.2) is 0 Å². The summed E-state index contributed by atoms with van der Waals surface area (Å²) in [6, 6.07) is 8.68. The van der Waals surface area contributed by atoms with Crippen molar-refractivity contribution in [3.63, 3.8) is 0 Å². The van der Waals surface area contributed by atoms with E-state index >= 15 is 0 Å². The molecule has 1 aromatic carbocycles. The maximum atomic E-state index is 5.95. The molecule has 2 rings (SSSR count). The van der Waals surface area contributed by atoms with E-state index in [-0.39, 0.29) is 11.7 Å². The smallest absolute Gasteiger partial charge is 0.199 e. The molecule has 130 valence electrons. The van der Waals surface area contributed by atoms with Crippen LogP contribution in [0.15, 0.2) is 24.3 Å². The SMILES string of the molecule is CC(C)(C)CC(c1ccc(OC2CCCCO2)cc1)C(C)(C)C. The first-order valence-corrected chi connectivity index (χ1v) is 9.03. The number of hydrogen-bond donors (Lipinski definition) is 0. The predicted molar refractivity (Wildman–Crippen MR) is 96.9 cm³/mol. The van der Waals surface area contributed by atoms with E-state index in [9.17, 15) is 0 Å². The molecule has 2 heteroatoms. The summed E-state index contributed by atoms with van der Waals surface area (Å²) in [5, 5.41) is 0. The zero-order chi connectivity index (χ0) is 17.1. The minimum atomic E-state index is -0.0670. The van der Waals surface area contributed by atoms with Crippen LogP contribution in [-0.2, 0) is 4.74 Å². The molecule has 1 fully saturated rings. The zero-order valence-corrected chi connectivity index (χ0v) is 15.8. The molecule has 0 bridgehead atoms. The number of rotatable bonds is 4. The Morgan fingerprint density at radius 2 is 1.70 bits per heavy atom. The Morgan fingerprint density at radius 1 is 1.04 bits per heavy atom. The average Bonchev–Trinajstić information content (AvgIpc) is 2.45. The molecule has 0 radical (unpaired) electrons. The standard InChI is InChI=1S/C21H34O2/c1-20(2,3)15-18(21(4,5)6)16-10-12-17(13-11-16)23-19-9-7-8-14-22-19/h10-13,18-19H,7-9,14-15H2,1-6H3. The molecule has 0 amide bonds. The van der Waals surface area contributed by atoms with Gasteiger partial charge in [-0.3, -0.25) is 0 Å². The Kier molecular flexibility index (Phi) is 5.78. The van der Waals surface area contributed by atoms with Gasteiger partial charge >= 0.3 is 0 Å². The molecule has 0 spiro atoms. The topological polar surface area (TPSA) is 18.5 Å². The highest BCUT2D eigenvalue weighted by Gasteiger charge is 2.30. The van der Waals surface area contributed by atoms with Crippen LogP contribution in [0.4, 0.5) is 0 Å². The fourth-order valence-electron chi connectivity index (χ4n) is 3.27. The van der Waals surface area contributed by atoms with E-state index in [1.54, 1.807) is 0 Å². The highest BCUT2D eigenvalue weighted by Crippen LogP contribution is 2.43. The number of benzene rings is 1. The fourth-order valence-corrected chi connectivity index (χ4v) is 3.27. The van der Waals surface area contributed by atoms with Crippen LogP contribution in [-0.4, -0.2) is 12.9 Å². The van der Waals surface area contributed by atoms with Crippen molar-refractivity contribution >= 4 is 0 Å². The van der Waals surface area contributed by atoms with Gasteiger partial charge in [0, 0.05) is 6.42 Å². The van der Waals surface area contributed by atoms with Gasteiger partial charge in [0.1, 0.15) is 5.75 Å². The van der Waals surface area contributed by atoms with E-state index in [0.717, 1.165) is 25.2 Å². The molecule has 0 aromatic heterocycles. The highest BCUT2D eigenvalue weighted by atomic mass is 16.7. The number of hydrogen-bond acceptors (Lipinski definition) is 2. The third kappa shape index (κ3) is 5.84. The van der Waals surface area contributed by atoms with Crippen molar-refractivity contribution in [2.45, 2.75) is 79.4 Å². The summed E-state index contributed by atoms with van der Waals surface area (Å²) in [4.78, 5) is 0. The second-order valence-corrected chi connectivity index (χ2v) is 9.17. The molecule has 1 aromatic rings. The molecule has 1 aliphatic heterocycles. The van der Waals surface area contributed by atoms with E-state index < -0.39 is 0 Å². The Labute approximate surface area is 142 Å². The molecule has 1 aliphatic rings. The lowest BCUT2D eigenvalue weighted by Crippen LogP contribution is -2.25. The van der Waals surface area contributed by atoms with Crippen molar-refractivity contribution in [1.29, 1.82) is 0 Å². The highest BCUT2D eigenvalue weighted by molar-refractivity contribution is 5.30. The van der Waals surface area contributed by atoms with Crippen molar-refractivity contribution < 1.29 is 9.47 Å². The van der Waals surface area contributed by atoms with Crippen molar-refractivity contribution in [1.82, 2.24) is 0 Å². The predicted octanol–water partition coefficient (Wildman–Crippen LogP) is 6.16. The van der Waals surface area contributed by atoms with E-state index in [0.29, 0.717) is 11.3 Å². The lowest BCUT2D eigenvalue weighted by Gasteiger charge is -2.36. The van der Waals surface area contributed by atoms with Crippen LogP contribution >= 0.6 is 0 Å². The summed E-state index contributed by atoms with van der Waals surface area (Å²) in [5.41, 5.74) is 1.98. The average molecular weight is 319 g/mol. The van der Waals surface area contributed by atoms with Crippen LogP contribution < -0.4 is 4.74 Å². The molecule has 23 heavy (non-hydrogen) atoms. The van der Waals surface area contributed by atoms with Crippen molar-refractivity contribution in [3.8, 4) is 5.75 Å². The minimum absolute atomic E-state index is 0.0670. The van der Waals surface area contributed by atoms with E-state index in [4.69, 9.17) is 9.47 Å². The van der Waals surface area contributed by atoms with Crippen LogP contribution in [0.25, 0.3) is 0 Å². The summed E-state index contributed by atoms with van der Waals surface area (Å²) < 4.78 is 11.6. The third-order valence-electron chi connectivity index (χ3n) is 4.55. The van der Waals surface area contributed by atoms with Gasteiger partial charge < -0.3 is 9.47 Å². The van der Waals surface area contributed by atoms with E-state index in [2.05, 4.69) is 65.8 Å². The Hall–Kier alpha value is -1.02. The summed E-state index contributed by atoms with van der Waals surface area (Å²) in [6.45, 7) is 14.8. The van der Waals surface area contributed by atoms with Gasteiger partial charge in [-0.15, -0.1) is 0 Å². The van der Waals surface area contributed by atoms with Gasteiger partial charge in [0.25, 0.3) is 0 Å². The van der Waals surface area contributed by atoms with E-state index in [1.165, 1.54) is 18.4 Å². The summed E-state index contributed by atoms with van der Waals surface area (Å²) >= 11 is 0. The first-order chi connectivity index (χ1) is 10.6. The van der Waals surface area contributed by atoms with Gasteiger partial charge in [-0.1, -0.05) is 53.7 Å². The second-order valence-electron chi connectivity index (χ2n) is 9.17. The van der Waals surface area contributed by atoms with Gasteiger partial charge in [-0.2, -0.15) is 0 Å². The van der Waals surface area contributed by atoms with Crippen molar-refractivity contribution in [2.75, 3.05) is 6.61 Å². The van der Waals surface area contributed by atoms with Crippen LogP contribution in [0.2, 0.25) is 0 Å². The van der Waals surface area contributed by atoms with Crippen LogP contribution in [0.3, 0.4) is 0 Å². The first-order valence-electron chi connectivity index (χ1n) is 9.03. The summed E-state index contributed by atoms with van der Waals surface area (Å²) in [5.74, 6) is 1.46. The summed E-state index contributed by atoms with van der Waals surface area (Å²) in [7, 11) is 0. The normalized spacial score (nSPS) is 21.0. The maximum Gasteiger partial charge on any atom is 0.199 e. The van der Waals surface area contributed by atoms with E-state index in [1.807, 2.05) is 0 Å². The Bertz CT molecular complexity index is 470. The van der Waals surface area contributed by atoms with Gasteiger partial charge in [-0.05, 0) is 53.7 Å². The fraction of sp³-hybridized carbons (Fsp3) is 0.714. The Balaban J connectivity index is 2.08. The molecule has 0 saturated carbocycles. The van der Waals surface area contributed by atoms with Crippen molar-refractivity contribution in [2.24, 2.45) is 10.8 Å². The second kappa shape index (κ2) is 7.25. The van der Waals surface area contributed by atoms with Crippen LogP contribution in [0.1, 0.15) is 78.7 Å². The maximum absolute atomic E-state index is 5.95. The van der Waals surface area contributed by atoms with Crippen LogP contribution in [0.5, 0.6) is 5.75 Å². The lowest BCUT2D eigenvalue weighted by atomic mass is 9.69. The monoisotopic (exact) mass is 318 g/mol. The zero-order valence-electron chi connectivity index (χ0n) is 15.8. The van der Waals surface area contributed by atoms with Crippen molar-refractivity contribution in [3.05, 3.63) is 29.8 Å². The van der Waals surface area contributed by atoms with Gasteiger partial charge in [0.05, 0.1) is 6.61 Å². The molecule has 2 atom stereocenters. The minimum Gasteiger partial charge on any atom is -0.465 e. The lowest BCUT2D eigenvalue weighted by molar-refractivity contribution is -0.105. The molecule has 2 unspecified atom stereocenters. The molecule has 2 nitrogen and oxygen atoms in total. The first kappa shape index (κ1) is 18.3. The molecule has 1 saturated heterocycles. The quantitative estimate of drug-likeness (QED) is 0.662. The largest absolute Gasteiger partial charge is 0.465 e. The molecular weight excluding hydrogens is 284 g/mol. The molecule has 0 aliphatic carbocycles. The van der Waals surface area contributed by atoms with Gasteiger partial charge in [0.15, 0.2) is 6.29 Å². The molecule has 1 heterocycles. The molecule has 0 N–H and O–H groups in total.